The SMILES string of the molecule is CS(=O)(=O)c1ccccc1C(O)=C(C#N)C(=O)Nc1ccc(C(F)(F)F)cc1. The number of benzene rings is 2. The molecule has 28 heavy (non-hydrogen) atoms. The zero-order valence-corrected chi connectivity index (χ0v) is 15.1. The largest absolute Gasteiger partial charge is 0.506 e. The number of carbonyl (C=O) groups excluding carboxylic acids is 1. The number of aliphatic hydroxyl groups is 1. The summed E-state index contributed by atoms with van der Waals surface area (Å²) >= 11 is 0. The third-order valence-corrected chi connectivity index (χ3v) is 4.74. The van der Waals surface area contributed by atoms with Gasteiger partial charge in [0.2, 0.25) is 0 Å². The first-order valence-electron chi connectivity index (χ1n) is 7.56. The zero-order chi connectivity index (χ0) is 21.1. The molecule has 146 valence electrons. The second-order valence-corrected chi connectivity index (χ2v) is 7.62. The average molecular weight is 410 g/mol. The molecule has 0 unspecified atom stereocenters. The molecule has 0 bridgehead atoms. The van der Waals surface area contributed by atoms with Crippen LogP contribution in [0, 0.1) is 11.3 Å². The van der Waals surface area contributed by atoms with Crippen molar-refractivity contribution in [2.75, 3.05) is 11.6 Å². The molecule has 0 spiro atoms. The summed E-state index contributed by atoms with van der Waals surface area (Å²) in [4.78, 5) is 12.0. The Morgan fingerprint density at radius 1 is 1.11 bits per heavy atom. The number of hydrogen-bond acceptors (Lipinski definition) is 5. The Labute approximate surface area is 158 Å². The van der Waals surface area contributed by atoms with Crippen LogP contribution in [0.25, 0.3) is 5.76 Å². The summed E-state index contributed by atoms with van der Waals surface area (Å²) in [6.07, 6.45) is -3.65. The van der Waals surface area contributed by atoms with Gasteiger partial charge in [-0.15, -0.1) is 0 Å². The molecule has 2 rings (SSSR count). The predicted molar refractivity (Wildman–Crippen MR) is 94.8 cm³/mol. The van der Waals surface area contributed by atoms with Crippen molar-refractivity contribution in [1.29, 1.82) is 5.26 Å². The summed E-state index contributed by atoms with van der Waals surface area (Å²) in [6, 6.07) is 10.1. The number of aliphatic hydroxyl groups excluding tert-OH is 1. The second-order valence-electron chi connectivity index (χ2n) is 5.63. The van der Waals surface area contributed by atoms with Crippen LogP contribution in [0.4, 0.5) is 18.9 Å². The molecule has 2 N–H and O–H groups in total. The van der Waals surface area contributed by atoms with Gasteiger partial charge in [-0.1, -0.05) is 12.1 Å². The number of halogens is 3. The fourth-order valence-electron chi connectivity index (χ4n) is 2.27. The summed E-state index contributed by atoms with van der Waals surface area (Å²) in [6.45, 7) is 0. The molecular weight excluding hydrogens is 397 g/mol. The molecule has 0 heterocycles. The fraction of sp³-hybridized carbons (Fsp3) is 0.111. The maximum Gasteiger partial charge on any atom is 0.416 e. The number of hydrogen-bond donors (Lipinski definition) is 2. The van der Waals surface area contributed by atoms with Gasteiger partial charge in [0.15, 0.2) is 15.4 Å². The quantitative estimate of drug-likeness (QED) is 0.455. The van der Waals surface area contributed by atoms with Gasteiger partial charge >= 0.3 is 6.18 Å². The third kappa shape index (κ3) is 4.69. The molecule has 0 atom stereocenters. The number of alkyl halides is 3. The Bertz CT molecular complexity index is 1080. The van der Waals surface area contributed by atoms with E-state index in [1.165, 1.54) is 30.3 Å². The number of rotatable bonds is 4. The van der Waals surface area contributed by atoms with Crippen LogP contribution in [0.1, 0.15) is 11.1 Å². The van der Waals surface area contributed by atoms with E-state index in [0.29, 0.717) is 0 Å². The molecule has 2 aromatic rings. The maximum absolute atomic E-state index is 12.6. The molecule has 6 nitrogen and oxygen atoms in total. The molecule has 0 saturated heterocycles. The van der Waals surface area contributed by atoms with Crippen LogP contribution in [0.2, 0.25) is 0 Å². The van der Waals surface area contributed by atoms with Gasteiger partial charge in [-0.2, -0.15) is 18.4 Å². The van der Waals surface area contributed by atoms with Crippen molar-refractivity contribution in [2.24, 2.45) is 0 Å². The van der Waals surface area contributed by atoms with E-state index in [9.17, 15) is 36.8 Å². The molecule has 1 amide bonds. The van der Waals surface area contributed by atoms with Crippen molar-refractivity contribution in [2.45, 2.75) is 11.1 Å². The summed E-state index contributed by atoms with van der Waals surface area (Å²) in [7, 11) is -3.77. The lowest BCUT2D eigenvalue weighted by Crippen LogP contribution is -2.16. The Kier molecular flexibility index (Phi) is 5.80. The summed E-state index contributed by atoms with van der Waals surface area (Å²) in [5.41, 5.74) is -2.01. The number of amides is 1. The molecule has 2 aromatic carbocycles. The summed E-state index contributed by atoms with van der Waals surface area (Å²) in [5, 5.41) is 21.7. The van der Waals surface area contributed by atoms with E-state index in [2.05, 4.69) is 5.32 Å². The minimum absolute atomic E-state index is 0.0463. The average Bonchev–Trinajstić information content (AvgIpc) is 2.61. The number of sulfone groups is 1. The number of anilines is 1. The molecule has 0 aliphatic heterocycles. The van der Waals surface area contributed by atoms with Gasteiger partial charge in [-0.3, -0.25) is 4.79 Å². The van der Waals surface area contributed by atoms with Gasteiger partial charge in [0.25, 0.3) is 5.91 Å². The highest BCUT2D eigenvalue weighted by molar-refractivity contribution is 7.90. The molecule has 0 fully saturated rings. The standard InChI is InChI=1S/C18H13F3N2O4S/c1-28(26,27)15-5-3-2-4-13(15)16(24)14(10-22)17(25)23-12-8-6-11(7-9-12)18(19,20)21/h2-9,24H,1H3,(H,23,25). The van der Waals surface area contributed by atoms with Crippen LogP contribution >= 0.6 is 0 Å². The molecule has 0 aliphatic carbocycles. The van der Waals surface area contributed by atoms with Crippen molar-refractivity contribution < 1.29 is 31.5 Å². The van der Waals surface area contributed by atoms with Crippen molar-refractivity contribution in [3.05, 3.63) is 65.2 Å². The van der Waals surface area contributed by atoms with Crippen LogP contribution in [-0.2, 0) is 20.8 Å². The molecule has 0 aromatic heterocycles. The highest BCUT2D eigenvalue weighted by Crippen LogP contribution is 2.30. The van der Waals surface area contributed by atoms with E-state index in [1.54, 1.807) is 0 Å². The highest BCUT2D eigenvalue weighted by atomic mass is 32.2. The summed E-state index contributed by atoms with van der Waals surface area (Å²) < 4.78 is 61.4. The van der Waals surface area contributed by atoms with Gasteiger partial charge in [0.1, 0.15) is 11.8 Å². The third-order valence-electron chi connectivity index (χ3n) is 3.59. The Hall–Kier alpha value is -3.32. The highest BCUT2D eigenvalue weighted by Gasteiger charge is 2.30. The lowest BCUT2D eigenvalue weighted by atomic mass is 10.1. The minimum Gasteiger partial charge on any atom is -0.506 e. The van der Waals surface area contributed by atoms with E-state index >= 15 is 0 Å². The van der Waals surface area contributed by atoms with E-state index in [4.69, 9.17) is 0 Å². The Morgan fingerprint density at radius 2 is 1.68 bits per heavy atom. The number of nitrogens with one attached hydrogen (secondary N) is 1. The van der Waals surface area contributed by atoms with Crippen molar-refractivity contribution in [3.63, 3.8) is 0 Å². The van der Waals surface area contributed by atoms with Gasteiger partial charge in [-0.05, 0) is 36.4 Å². The minimum atomic E-state index is -4.55. The van der Waals surface area contributed by atoms with E-state index < -0.39 is 38.8 Å². The van der Waals surface area contributed by atoms with Crippen LogP contribution < -0.4 is 5.32 Å². The van der Waals surface area contributed by atoms with Crippen LogP contribution in [0.3, 0.4) is 0 Å². The molecule has 0 saturated carbocycles. The molecular formula is C18H13F3N2O4S. The van der Waals surface area contributed by atoms with Crippen molar-refractivity contribution >= 4 is 27.2 Å². The predicted octanol–water partition coefficient (Wildman–Crippen LogP) is 3.54. The topological polar surface area (TPSA) is 107 Å². The number of carbonyl (C=O) groups is 1. The summed E-state index contributed by atoms with van der Waals surface area (Å²) in [5.74, 6) is -1.98. The molecule has 0 aliphatic rings. The van der Waals surface area contributed by atoms with Gasteiger partial charge in [0.05, 0.1) is 10.5 Å². The van der Waals surface area contributed by atoms with Crippen LogP contribution in [-0.4, -0.2) is 25.7 Å². The van der Waals surface area contributed by atoms with E-state index in [1.807, 2.05) is 0 Å². The van der Waals surface area contributed by atoms with Crippen molar-refractivity contribution in [3.8, 4) is 6.07 Å². The first kappa shape index (κ1) is 21.0. The van der Waals surface area contributed by atoms with E-state index in [0.717, 1.165) is 30.5 Å². The lowest BCUT2D eigenvalue weighted by molar-refractivity contribution is -0.137. The van der Waals surface area contributed by atoms with Crippen molar-refractivity contribution in [1.82, 2.24) is 0 Å². The molecule has 10 heteroatoms. The zero-order valence-electron chi connectivity index (χ0n) is 14.3. The maximum atomic E-state index is 12.6. The normalized spacial score (nSPS) is 12.7. The van der Waals surface area contributed by atoms with Crippen LogP contribution in [0.5, 0.6) is 0 Å². The van der Waals surface area contributed by atoms with Gasteiger partial charge in [0, 0.05) is 17.5 Å². The Morgan fingerprint density at radius 3 is 2.18 bits per heavy atom. The smallest absolute Gasteiger partial charge is 0.416 e. The Balaban J connectivity index is 2.40. The van der Waals surface area contributed by atoms with Gasteiger partial charge < -0.3 is 10.4 Å². The second kappa shape index (κ2) is 7.74. The number of nitriles is 1. The first-order valence-corrected chi connectivity index (χ1v) is 9.45. The monoisotopic (exact) mass is 410 g/mol. The van der Waals surface area contributed by atoms with E-state index in [-0.39, 0.29) is 16.1 Å². The van der Waals surface area contributed by atoms with Crippen LogP contribution in [0.15, 0.2) is 59.0 Å². The van der Waals surface area contributed by atoms with Gasteiger partial charge in [-0.25, -0.2) is 8.42 Å². The lowest BCUT2D eigenvalue weighted by Gasteiger charge is -2.11. The number of nitrogens with zero attached hydrogens (tertiary/aromatic N) is 1. The fourth-order valence-corrected chi connectivity index (χ4v) is 3.16. The molecule has 0 radical (unpaired) electrons. The first-order chi connectivity index (χ1) is 12.9.